The maximum Gasteiger partial charge on any atom is 0.341 e. The van der Waals surface area contributed by atoms with Crippen LogP contribution in [0.5, 0.6) is 17.2 Å². The number of carboxylic acid groups (broad SMARTS) is 1. The zero-order chi connectivity index (χ0) is 23.2. The smallest absolute Gasteiger partial charge is 0.341 e. The van der Waals surface area contributed by atoms with E-state index in [1.165, 1.54) is 12.8 Å². The highest BCUT2D eigenvalue weighted by atomic mass is 16.5. The fourth-order valence-corrected chi connectivity index (χ4v) is 4.75. The van der Waals surface area contributed by atoms with Gasteiger partial charge in [-0.1, -0.05) is 18.2 Å². The van der Waals surface area contributed by atoms with Gasteiger partial charge < -0.3 is 24.6 Å². The van der Waals surface area contributed by atoms with Crippen molar-refractivity contribution in [3.63, 3.8) is 0 Å². The van der Waals surface area contributed by atoms with Crippen LogP contribution in [0.3, 0.4) is 0 Å². The molecule has 1 saturated carbocycles. The molecule has 0 bridgehead atoms. The number of nitrogens with one attached hydrogen (secondary N) is 1. The Morgan fingerprint density at radius 2 is 1.94 bits per heavy atom. The van der Waals surface area contributed by atoms with Crippen LogP contribution in [0.2, 0.25) is 0 Å². The van der Waals surface area contributed by atoms with Gasteiger partial charge in [0, 0.05) is 18.4 Å². The number of carbonyl (C=O) groups excluding carboxylic acids is 1. The van der Waals surface area contributed by atoms with Crippen LogP contribution in [-0.2, 0) is 16.0 Å². The maximum atomic E-state index is 12.6. The molecule has 0 unspecified atom stereocenters. The zero-order valence-electron chi connectivity index (χ0n) is 18.9. The predicted octanol–water partition coefficient (Wildman–Crippen LogP) is 3.94. The highest BCUT2D eigenvalue weighted by molar-refractivity contribution is 5.80. The molecule has 0 radical (unpaired) electrons. The zero-order valence-corrected chi connectivity index (χ0v) is 18.9. The van der Waals surface area contributed by atoms with Crippen LogP contribution in [0.15, 0.2) is 42.5 Å². The van der Waals surface area contributed by atoms with Crippen LogP contribution in [0.1, 0.15) is 49.1 Å². The molecule has 2 aliphatic rings. The number of piperidine rings is 1. The Labute approximate surface area is 194 Å². The summed E-state index contributed by atoms with van der Waals surface area (Å²) in [5.41, 5.74) is 2.08. The van der Waals surface area contributed by atoms with Crippen LogP contribution < -0.4 is 19.5 Å². The third-order valence-corrected chi connectivity index (χ3v) is 6.46. The first-order chi connectivity index (χ1) is 16.0. The number of benzene rings is 2. The van der Waals surface area contributed by atoms with Crippen LogP contribution in [-0.4, -0.2) is 43.3 Å². The van der Waals surface area contributed by atoms with Crippen molar-refractivity contribution in [3.05, 3.63) is 53.6 Å². The number of rotatable bonds is 9. The van der Waals surface area contributed by atoms with E-state index in [-0.39, 0.29) is 23.8 Å². The van der Waals surface area contributed by atoms with Gasteiger partial charge >= 0.3 is 5.97 Å². The van der Waals surface area contributed by atoms with Crippen LogP contribution >= 0.6 is 0 Å². The lowest BCUT2D eigenvalue weighted by Gasteiger charge is -2.30. The van der Waals surface area contributed by atoms with Crippen LogP contribution in [0, 0.1) is 5.92 Å². The number of methoxy groups -OCH3 is 1. The normalized spacial score (nSPS) is 20.8. The van der Waals surface area contributed by atoms with Gasteiger partial charge in [0.05, 0.1) is 13.2 Å². The van der Waals surface area contributed by atoms with E-state index in [0.717, 1.165) is 41.9 Å². The van der Waals surface area contributed by atoms with E-state index in [9.17, 15) is 9.59 Å². The lowest BCUT2D eigenvalue weighted by Crippen LogP contribution is -2.41. The van der Waals surface area contributed by atoms with Gasteiger partial charge in [-0.25, -0.2) is 4.79 Å². The first kappa shape index (κ1) is 23.0. The summed E-state index contributed by atoms with van der Waals surface area (Å²) < 4.78 is 17.1. The molecular weight excluding hydrogens is 422 g/mol. The number of ether oxygens (including phenoxy) is 3. The van der Waals surface area contributed by atoms with Gasteiger partial charge in [-0.2, -0.15) is 0 Å². The summed E-state index contributed by atoms with van der Waals surface area (Å²) in [7, 11) is 1.65. The van der Waals surface area contributed by atoms with E-state index in [1.807, 2.05) is 18.2 Å². The number of hydrogen-bond acceptors (Lipinski definition) is 5. The second kappa shape index (κ2) is 10.6. The van der Waals surface area contributed by atoms with E-state index in [4.69, 9.17) is 19.3 Å². The maximum absolute atomic E-state index is 12.6. The Balaban J connectivity index is 1.45. The Hall–Kier alpha value is -3.22. The van der Waals surface area contributed by atoms with Gasteiger partial charge in [0.25, 0.3) is 0 Å². The molecule has 1 heterocycles. The largest absolute Gasteiger partial charge is 0.493 e. The second-order valence-corrected chi connectivity index (χ2v) is 8.84. The van der Waals surface area contributed by atoms with Gasteiger partial charge in [-0.05, 0) is 73.9 Å². The number of carboxylic acids is 1. The average Bonchev–Trinajstić information content (AvgIpc) is 3.32. The van der Waals surface area contributed by atoms with Crippen molar-refractivity contribution in [3.8, 4) is 17.2 Å². The van der Waals surface area contributed by atoms with Gasteiger partial charge in [0.2, 0.25) is 5.91 Å². The lowest BCUT2D eigenvalue weighted by atomic mass is 9.82. The van der Waals surface area contributed by atoms with Gasteiger partial charge in [-0.15, -0.1) is 0 Å². The number of hydrogen-bond donors (Lipinski definition) is 2. The molecule has 2 aromatic rings. The second-order valence-electron chi connectivity index (χ2n) is 8.84. The summed E-state index contributed by atoms with van der Waals surface area (Å²) in [6.45, 7) is 0.199. The molecule has 2 aromatic carbocycles. The van der Waals surface area contributed by atoms with E-state index in [0.29, 0.717) is 18.7 Å². The van der Waals surface area contributed by atoms with Gasteiger partial charge in [-0.3, -0.25) is 4.79 Å². The highest BCUT2D eigenvalue weighted by Crippen LogP contribution is 2.37. The molecule has 2 fully saturated rings. The van der Waals surface area contributed by atoms with E-state index >= 15 is 0 Å². The summed E-state index contributed by atoms with van der Waals surface area (Å²) in [6.07, 6.45) is 6.07. The Morgan fingerprint density at radius 1 is 1.12 bits per heavy atom. The minimum absolute atomic E-state index is 0.0408. The quantitative estimate of drug-likeness (QED) is 0.597. The SMILES string of the molecule is COc1ccc([C@H]2CNC(=O)[C@@H](Cc3cccc(OCC(=O)O)c3)C2)cc1OC1CCCC1. The topological polar surface area (TPSA) is 94.1 Å². The molecule has 1 amide bonds. The molecular formula is C26H31NO6. The summed E-state index contributed by atoms with van der Waals surface area (Å²) >= 11 is 0. The Bertz CT molecular complexity index is 984. The van der Waals surface area contributed by atoms with Gasteiger partial charge in [0.1, 0.15) is 5.75 Å². The van der Waals surface area contributed by atoms with Crippen molar-refractivity contribution in [1.29, 1.82) is 0 Å². The van der Waals surface area contributed by atoms with Crippen molar-refractivity contribution in [2.24, 2.45) is 5.92 Å². The summed E-state index contributed by atoms with van der Waals surface area (Å²) in [5, 5.41) is 11.9. The summed E-state index contributed by atoms with van der Waals surface area (Å²) in [4.78, 5) is 23.4. The summed E-state index contributed by atoms with van der Waals surface area (Å²) in [5.74, 6) is 1.02. The van der Waals surface area contributed by atoms with Crippen molar-refractivity contribution in [1.82, 2.24) is 5.32 Å². The molecule has 176 valence electrons. The van der Waals surface area contributed by atoms with Crippen molar-refractivity contribution < 1.29 is 28.9 Å². The number of aliphatic carboxylic acids is 1. The van der Waals surface area contributed by atoms with E-state index < -0.39 is 12.6 Å². The Morgan fingerprint density at radius 3 is 2.70 bits per heavy atom. The molecule has 4 rings (SSSR count). The molecule has 7 heteroatoms. The third kappa shape index (κ3) is 5.97. The first-order valence-corrected chi connectivity index (χ1v) is 11.6. The fourth-order valence-electron chi connectivity index (χ4n) is 4.75. The molecule has 0 aromatic heterocycles. The average molecular weight is 454 g/mol. The van der Waals surface area contributed by atoms with Gasteiger partial charge in [0.15, 0.2) is 18.1 Å². The molecule has 2 atom stereocenters. The standard InChI is InChI=1S/C26H31NO6/c1-31-23-10-9-18(14-24(23)33-21-6-2-3-7-21)20-13-19(26(30)27-15-20)11-17-5-4-8-22(12-17)32-16-25(28)29/h4-5,8-10,12,14,19-21H,2-3,6-7,11,13,15-16H2,1H3,(H,27,30)(H,28,29)/t19-,20+/m0/s1. The van der Waals surface area contributed by atoms with Crippen molar-refractivity contribution >= 4 is 11.9 Å². The number of amides is 1. The highest BCUT2D eigenvalue weighted by Gasteiger charge is 2.30. The van der Waals surface area contributed by atoms with Crippen molar-refractivity contribution in [2.75, 3.05) is 20.3 Å². The Kier molecular flexibility index (Phi) is 7.37. The van der Waals surface area contributed by atoms with Crippen LogP contribution in [0.4, 0.5) is 0 Å². The molecule has 1 aliphatic heterocycles. The van der Waals surface area contributed by atoms with Crippen molar-refractivity contribution in [2.45, 2.75) is 50.5 Å². The minimum Gasteiger partial charge on any atom is -0.493 e. The first-order valence-electron chi connectivity index (χ1n) is 11.6. The lowest BCUT2D eigenvalue weighted by molar-refractivity contribution is -0.139. The number of carbonyl (C=O) groups is 2. The molecule has 1 aliphatic carbocycles. The molecule has 1 saturated heterocycles. The fraction of sp³-hybridized carbons (Fsp3) is 0.462. The third-order valence-electron chi connectivity index (χ3n) is 6.46. The minimum atomic E-state index is -1.02. The van der Waals surface area contributed by atoms with E-state index in [1.54, 1.807) is 19.2 Å². The monoisotopic (exact) mass is 453 g/mol. The molecule has 2 N–H and O–H groups in total. The van der Waals surface area contributed by atoms with Crippen LogP contribution in [0.25, 0.3) is 0 Å². The predicted molar refractivity (Wildman–Crippen MR) is 123 cm³/mol. The molecule has 0 spiro atoms. The summed E-state index contributed by atoms with van der Waals surface area (Å²) in [6, 6.07) is 13.4. The molecule has 33 heavy (non-hydrogen) atoms. The molecule has 7 nitrogen and oxygen atoms in total. The van der Waals surface area contributed by atoms with E-state index in [2.05, 4.69) is 17.4 Å².